The summed E-state index contributed by atoms with van der Waals surface area (Å²) in [6.45, 7) is 7.41. The number of amides is 1. The summed E-state index contributed by atoms with van der Waals surface area (Å²) in [5.41, 5.74) is 0.321. The third kappa shape index (κ3) is 5.55. The number of nitrogens with zero attached hydrogens (tertiary/aromatic N) is 4. The lowest BCUT2D eigenvalue weighted by Crippen LogP contribution is -2.58. The Labute approximate surface area is 211 Å². The summed E-state index contributed by atoms with van der Waals surface area (Å²) in [5, 5.41) is 0.562. The van der Waals surface area contributed by atoms with Crippen molar-refractivity contribution in [3.63, 3.8) is 0 Å². The first-order chi connectivity index (χ1) is 16.8. The number of hydrogen-bond donors (Lipinski definition) is 0. The Balaban J connectivity index is 1.03. The average molecular weight is 501 g/mol. The maximum Gasteiger partial charge on any atom is 0.227 e. The van der Waals surface area contributed by atoms with Gasteiger partial charge in [0, 0.05) is 31.2 Å². The van der Waals surface area contributed by atoms with Gasteiger partial charge in [0.1, 0.15) is 11.6 Å². The normalized spacial score (nSPS) is 23.7. The summed E-state index contributed by atoms with van der Waals surface area (Å²) in [5.74, 6) is 3.13. The highest BCUT2D eigenvalue weighted by Gasteiger charge is 2.43. The summed E-state index contributed by atoms with van der Waals surface area (Å²) in [7, 11) is 0. The number of likely N-dealkylation sites (tertiary alicyclic amines) is 1. The molecule has 6 nitrogen and oxygen atoms in total. The van der Waals surface area contributed by atoms with Crippen LogP contribution in [0.1, 0.15) is 51.5 Å². The highest BCUT2D eigenvalue weighted by molar-refractivity contribution is 6.30. The van der Waals surface area contributed by atoms with E-state index in [4.69, 9.17) is 16.3 Å². The summed E-state index contributed by atoms with van der Waals surface area (Å²) in [6, 6.07) is 4.89. The minimum atomic E-state index is -0.366. The van der Waals surface area contributed by atoms with Crippen molar-refractivity contribution in [2.75, 3.05) is 31.1 Å². The Kier molecular flexibility index (Phi) is 6.88. The number of rotatable bonds is 8. The van der Waals surface area contributed by atoms with Crippen LogP contribution >= 0.6 is 11.6 Å². The van der Waals surface area contributed by atoms with E-state index in [1.807, 2.05) is 18.7 Å². The number of piperidine rings is 1. The van der Waals surface area contributed by atoms with Crippen molar-refractivity contribution in [2.45, 2.75) is 57.9 Å². The van der Waals surface area contributed by atoms with Crippen LogP contribution in [-0.4, -0.2) is 52.6 Å². The molecule has 1 aromatic carbocycles. The zero-order valence-electron chi connectivity index (χ0n) is 20.6. The van der Waals surface area contributed by atoms with Gasteiger partial charge in [-0.1, -0.05) is 17.7 Å². The molecule has 188 valence electrons. The first-order valence-corrected chi connectivity index (χ1v) is 13.1. The van der Waals surface area contributed by atoms with Crippen molar-refractivity contribution < 1.29 is 13.9 Å². The molecule has 1 aromatic heterocycles. The van der Waals surface area contributed by atoms with Crippen LogP contribution in [0, 0.1) is 23.6 Å². The quantitative estimate of drug-likeness (QED) is 0.502. The highest BCUT2D eigenvalue weighted by atomic mass is 35.5. The molecule has 0 radical (unpaired) electrons. The van der Waals surface area contributed by atoms with Crippen LogP contribution in [0.5, 0.6) is 5.75 Å². The van der Waals surface area contributed by atoms with Crippen LogP contribution in [0.4, 0.5) is 10.3 Å². The van der Waals surface area contributed by atoms with Gasteiger partial charge in [-0.15, -0.1) is 0 Å². The Bertz CT molecular complexity index is 1060. The Hall–Kier alpha value is -2.41. The van der Waals surface area contributed by atoms with E-state index in [9.17, 15) is 9.18 Å². The van der Waals surface area contributed by atoms with E-state index >= 15 is 0 Å². The van der Waals surface area contributed by atoms with Crippen molar-refractivity contribution in [3.05, 3.63) is 47.0 Å². The largest absolute Gasteiger partial charge is 0.493 e. The highest BCUT2D eigenvalue weighted by Crippen LogP contribution is 2.49. The van der Waals surface area contributed by atoms with Gasteiger partial charge in [0.05, 0.1) is 30.4 Å². The van der Waals surface area contributed by atoms with Crippen molar-refractivity contribution >= 4 is 23.5 Å². The molecular weight excluding hydrogens is 467 g/mol. The summed E-state index contributed by atoms with van der Waals surface area (Å²) < 4.78 is 20.5. The second kappa shape index (κ2) is 9.92. The average Bonchev–Trinajstić information content (AvgIpc) is 3.60. The molecule has 0 bridgehead atoms. The van der Waals surface area contributed by atoms with Crippen molar-refractivity contribution in [1.29, 1.82) is 0 Å². The standard InChI is InChI=1S/C27H34ClFN4O2/c1-27(2)8-11-33(27)25(34)14-20-3-4-22(15-24(20)29)35-12-7-19-13-23(19)18-5-9-32(10-6-18)26-30-16-21(28)17-31-26/h3-4,15-19,23H,5-14H2,1-2H3/t19-,23-/m1/s1. The summed E-state index contributed by atoms with van der Waals surface area (Å²) in [6.07, 6.45) is 8.97. The number of hydrogen-bond acceptors (Lipinski definition) is 5. The van der Waals surface area contributed by atoms with Crippen LogP contribution in [0.15, 0.2) is 30.6 Å². The topological polar surface area (TPSA) is 58.6 Å². The van der Waals surface area contributed by atoms with E-state index in [-0.39, 0.29) is 23.7 Å². The molecule has 3 aliphatic rings. The maximum atomic E-state index is 14.6. The predicted molar refractivity (Wildman–Crippen MR) is 134 cm³/mol. The fourth-order valence-corrected chi connectivity index (χ4v) is 5.76. The number of carbonyl (C=O) groups excluding carboxylic acids is 1. The SMILES string of the molecule is CC1(C)CCN1C(=O)Cc1ccc(OCC[C@@H]2C[C@@H]2C2CCN(c3ncc(Cl)cn3)CC2)cc1F. The van der Waals surface area contributed by atoms with Gasteiger partial charge >= 0.3 is 0 Å². The van der Waals surface area contributed by atoms with Gasteiger partial charge in [-0.25, -0.2) is 14.4 Å². The number of carbonyl (C=O) groups is 1. The van der Waals surface area contributed by atoms with Gasteiger partial charge < -0.3 is 14.5 Å². The molecule has 0 N–H and O–H groups in total. The number of ether oxygens (including phenoxy) is 1. The second-order valence-corrected chi connectivity index (χ2v) is 11.3. The molecule has 2 atom stereocenters. The van der Waals surface area contributed by atoms with Crippen LogP contribution in [0.2, 0.25) is 5.02 Å². The van der Waals surface area contributed by atoms with Crippen LogP contribution < -0.4 is 9.64 Å². The molecule has 3 heterocycles. The summed E-state index contributed by atoms with van der Waals surface area (Å²) in [4.78, 5) is 25.2. The first-order valence-electron chi connectivity index (χ1n) is 12.7. The van der Waals surface area contributed by atoms with Gasteiger partial charge in [-0.05, 0) is 75.3 Å². The van der Waals surface area contributed by atoms with Gasteiger partial charge in [0.15, 0.2) is 0 Å². The van der Waals surface area contributed by atoms with E-state index in [1.165, 1.54) is 12.5 Å². The van der Waals surface area contributed by atoms with E-state index in [1.54, 1.807) is 24.5 Å². The van der Waals surface area contributed by atoms with Crippen molar-refractivity contribution in [2.24, 2.45) is 17.8 Å². The van der Waals surface area contributed by atoms with Crippen molar-refractivity contribution in [3.8, 4) is 5.75 Å². The zero-order chi connectivity index (χ0) is 24.6. The molecule has 0 spiro atoms. The molecule has 1 aliphatic carbocycles. The lowest BCUT2D eigenvalue weighted by Gasteiger charge is -2.48. The van der Waals surface area contributed by atoms with Crippen LogP contribution in [0.3, 0.4) is 0 Å². The molecule has 2 aromatic rings. The molecule has 0 unspecified atom stereocenters. The number of aromatic nitrogens is 2. The fourth-order valence-electron chi connectivity index (χ4n) is 5.66. The molecule has 5 rings (SSSR count). The Morgan fingerprint density at radius 2 is 1.94 bits per heavy atom. The van der Waals surface area contributed by atoms with Crippen LogP contribution in [-0.2, 0) is 11.2 Å². The van der Waals surface area contributed by atoms with Crippen LogP contribution in [0.25, 0.3) is 0 Å². The smallest absolute Gasteiger partial charge is 0.227 e. The van der Waals surface area contributed by atoms with Gasteiger partial charge in [0.2, 0.25) is 11.9 Å². The Morgan fingerprint density at radius 1 is 1.20 bits per heavy atom. The van der Waals surface area contributed by atoms with E-state index < -0.39 is 0 Å². The minimum absolute atomic E-state index is 0.0138. The number of halogens is 2. The van der Waals surface area contributed by atoms with E-state index in [0.29, 0.717) is 28.9 Å². The summed E-state index contributed by atoms with van der Waals surface area (Å²) >= 11 is 5.89. The van der Waals surface area contributed by atoms with Gasteiger partial charge in [-0.2, -0.15) is 0 Å². The fraction of sp³-hybridized carbons (Fsp3) is 0.593. The molecule has 1 amide bonds. The third-order valence-corrected chi connectivity index (χ3v) is 8.31. The third-order valence-electron chi connectivity index (χ3n) is 8.11. The minimum Gasteiger partial charge on any atom is -0.493 e. The second-order valence-electron chi connectivity index (χ2n) is 10.9. The lowest BCUT2D eigenvalue weighted by molar-refractivity contribution is -0.143. The number of benzene rings is 1. The van der Waals surface area contributed by atoms with Crippen molar-refractivity contribution in [1.82, 2.24) is 14.9 Å². The molecule has 8 heteroatoms. The molecule has 1 saturated carbocycles. The van der Waals surface area contributed by atoms with Gasteiger partial charge in [0.25, 0.3) is 0 Å². The predicted octanol–water partition coefficient (Wildman–Crippen LogP) is 5.14. The Morgan fingerprint density at radius 3 is 2.57 bits per heavy atom. The molecule has 2 saturated heterocycles. The maximum absolute atomic E-state index is 14.6. The molecule has 35 heavy (non-hydrogen) atoms. The molecular formula is C27H34ClFN4O2. The lowest BCUT2D eigenvalue weighted by atomic mass is 9.88. The zero-order valence-corrected chi connectivity index (χ0v) is 21.3. The van der Waals surface area contributed by atoms with Gasteiger partial charge in [-0.3, -0.25) is 4.79 Å². The van der Waals surface area contributed by atoms with E-state index in [0.717, 1.165) is 63.1 Å². The monoisotopic (exact) mass is 500 g/mol. The van der Waals surface area contributed by atoms with E-state index in [2.05, 4.69) is 14.9 Å². The molecule has 3 fully saturated rings. The number of anilines is 1. The first kappa shape index (κ1) is 24.3. The molecule has 2 aliphatic heterocycles.